The molecule has 0 aliphatic carbocycles. The maximum absolute atomic E-state index is 11.4. The number of rotatable bonds is 5. The first-order valence-corrected chi connectivity index (χ1v) is 7.61. The molecule has 0 amide bonds. The smallest absolute Gasteiger partial charge is 0.376 e. The average Bonchev–Trinajstić information content (AvgIpc) is 2.83. The van der Waals surface area contributed by atoms with Crippen LogP contribution in [0.5, 0.6) is 0 Å². The van der Waals surface area contributed by atoms with Crippen molar-refractivity contribution in [1.29, 1.82) is 0 Å². The number of anilines is 1. The van der Waals surface area contributed by atoms with E-state index in [9.17, 15) is 4.79 Å². The van der Waals surface area contributed by atoms with Crippen LogP contribution in [0.4, 0.5) is 5.82 Å². The Morgan fingerprint density at radius 1 is 1.45 bits per heavy atom. The fourth-order valence-electron chi connectivity index (χ4n) is 1.64. The fraction of sp³-hybridized carbons (Fsp3) is 0.308. The van der Waals surface area contributed by atoms with Crippen LogP contribution in [0.15, 0.2) is 22.0 Å². The van der Waals surface area contributed by atoms with Crippen molar-refractivity contribution in [3.05, 3.63) is 38.4 Å². The average molecular weight is 356 g/mol. The van der Waals surface area contributed by atoms with Gasteiger partial charge in [-0.3, -0.25) is 0 Å². The van der Waals surface area contributed by atoms with Crippen LogP contribution in [-0.4, -0.2) is 29.6 Å². The monoisotopic (exact) mass is 355 g/mol. The summed E-state index contributed by atoms with van der Waals surface area (Å²) in [6, 6.07) is 5.92. The van der Waals surface area contributed by atoms with Crippen molar-refractivity contribution in [2.75, 3.05) is 19.0 Å². The molecule has 0 atom stereocenters. The van der Waals surface area contributed by atoms with Gasteiger partial charge in [0, 0.05) is 23.2 Å². The van der Waals surface area contributed by atoms with E-state index in [1.807, 2.05) is 13.0 Å². The summed E-state index contributed by atoms with van der Waals surface area (Å²) in [6.45, 7) is 2.56. The van der Waals surface area contributed by atoms with E-state index in [0.29, 0.717) is 5.82 Å². The summed E-state index contributed by atoms with van der Waals surface area (Å²) in [6.07, 6.45) is 0.896. The van der Waals surface area contributed by atoms with Crippen LogP contribution in [0.3, 0.4) is 0 Å². The Morgan fingerprint density at radius 2 is 2.25 bits per heavy atom. The third kappa shape index (κ3) is 4.01. The molecule has 0 radical (unpaired) electrons. The Labute approximate surface area is 129 Å². The van der Waals surface area contributed by atoms with Gasteiger partial charge in [-0.05, 0) is 41.4 Å². The minimum atomic E-state index is -0.529. The lowest BCUT2D eigenvalue weighted by atomic mass is 10.3. The Balaban J connectivity index is 1.98. The van der Waals surface area contributed by atoms with E-state index in [1.54, 1.807) is 17.4 Å². The third-order valence-corrected chi connectivity index (χ3v) is 4.21. The second-order valence-corrected chi connectivity index (χ2v) is 6.64. The van der Waals surface area contributed by atoms with E-state index in [2.05, 4.69) is 42.0 Å². The first-order valence-electron chi connectivity index (χ1n) is 6.00. The fourth-order valence-corrected chi connectivity index (χ4v) is 3.12. The molecule has 0 bridgehead atoms. The quantitative estimate of drug-likeness (QED) is 0.835. The van der Waals surface area contributed by atoms with Gasteiger partial charge in [0.1, 0.15) is 5.82 Å². The SMILES string of the molecule is COC(=O)c1nc(C)cc(NCCc2ccc(Br)s2)n1. The molecule has 0 fully saturated rings. The van der Waals surface area contributed by atoms with E-state index >= 15 is 0 Å². The topological polar surface area (TPSA) is 64.1 Å². The highest BCUT2D eigenvalue weighted by Crippen LogP contribution is 2.22. The number of nitrogens with one attached hydrogen (secondary N) is 1. The van der Waals surface area contributed by atoms with Gasteiger partial charge in [-0.25, -0.2) is 14.8 Å². The Kier molecular flexibility index (Phi) is 5.08. The van der Waals surface area contributed by atoms with Crippen LogP contribution < -0.4 is 5.32 Å². The van der Waals surface area contributed by atoms with Crippen LogP contribution in [0.2, 0.25) is 0 Å². The standard InChI is InChI=1S/C13H14BrN3O2S/c1-8-7-11(17-12(16-8)13(18)19-2)15-6-5-9-3-4-10(14)20-9/h3-4,7H,5-6H2,1-2H3,(H,15,16,17). The summed E-state index contributed by atoms with van der Waals surface area (Å²) in [5.74, 6) is 0.182. The largest absolute Gasteiger partial charge is 0.463 e. The lowest BCUT2D eigenvalue weighted by Gasteiger charge is -2.07. The first kappa shape index (κ1) is 14.9. The van der Waals surface area contributed by atoms with Crippen molar-refractivity contribution in [1.82, 2.24) is 9.97 Å². The highest BCUT2D eigenvalue weighted by molar-refractivity contribution is 9.11. The van der Waals surface area contributed by atoms with Crippen molar-refractivity contribution in [2.45, 2.75) is 13.3 Å². The number of thiophene rings is 1. The van der Waals surface area contributed by atoms with Gasteiger partial charge in [0.2, 0.25) is 5.82 Å². The van der Waals surface area contributed by atoms with E-state index in [1.165, 1.54) is 12.0 Å². The second kappa shape index (κ2) is 6.81. The summed E-state index contributed by atoms with van der Waals surface area (Å²) >= 11 is 5.15. The van der Waals surface area contributed by atoms with Gasteiger partial charge in [-0.1, -0.05) is 0 Å². The number of aryl methyl sites for hydroxylation is 1. The number of halogens is 1. The highest BCUT2D eigenvalue weighted by Gasteiger charge is 2.11. The molecule has 0 saturated heterocycles. The summed E-state index contributed by atoms with van der Waals surface area (Å²) < 4.78 is 5.75. The van der Waals surface area contributed by atoms with Crippen LogP contribution in [0.1, 0.15) is 21.2 Å². The summed E-state index contributed by atoms with van der Waals surface area (Å²) in [4.78, 5) is 20.9. The van der Waals surface area contributed by atoms with Crippen LogP contribution in [-0.2, 0) is 11.2 Å². The molecule has 5 nitrogen and oxygen atoms in total. The van der Waals surface area contributed by atoms with Gasteiger partial charge < -0.3 is 10.1 Å². The molecular formula is C13H14BrN3O2S. The molecule has 0 unspecified atom stereocenters. The van der Waals surface area contributed by atoms with Gasteiger partial charge in [-0.2, -0.15) is 0 Å². The molecule has 20 heavy (non-hydrogen) atoms. The van der Waals surface area contributed by atoms with E-state index in [-0.39, 0.29) is 5.82 Å². The molecule has 0 saturated carbocycles. The summed E-state index contributed by atoms with van der Waals surface area (Å²) in [7, 11) is 1.32. The number of aromatic nitrogens is 2. The zero-order valence-electron chi connectivity index (χ0n) is 11.1. The molecule has 106 valence electrons. The molecule has 0 spiro atoms. The number of carbonyl (C=O) groups excluding carboxylic acids is 1. The van der Waals surface area contributed by atoms with Crippen LogP contribution in [0.25, 0.3) is 0 Å². The van der Waals surface area contributed by atoms with E-state index < -0.39 is 5.97 Å². The minimum absolute atomic E-state index is 0.0777. The van der Waals surface area contributed by atoms with Crippen molar-refractivity contribution in [3.8, 4) is 0 Å². The Bertz CT molecular complexity index is 615. The number of hydrogen-bond donors (Lipinski definition) is 1. The summed E-state index contributed by atoms with van der Waals surface area (Å²) in [5.41, 5.74) is 0.724. The molecule has 7 heteroatoms. The predicted octanol–water partition coefficient (Wildman–Crippen LogP) is 3.05. The molecule has 0 aliphatic heterocycles. The summed E-state index contributed by atoms with van der Waals surface area (Å²) in [5, 5.41) is 3.20. The molecule has 0 aromatic carbocycles. The van der Waals surface area contributed by atoms with Gasteiger partial charge in [0.15, 0.2) is 0 Å². The molecule has 2 aromatic heterocycles. The van der Waals surface area contributed by atoms with Crippen LogP contribution in [0, 0.1) is 6.92 Å². The number of hydrogen-bond acceptors (Lipinski definition) is 6. The van der Waals surface area contributed by atoms with E-state index in [4.69, 9.17) is 0 Å². The number of methoxy groups -OCH3 is 1. The molecule has 2 rings (SSSR count). The van der Waals surface area contributed by atoms with Crippen molar-refractivity contribution in [3.63, 3.8) is 0 Å². The Morgan fingerprint density at radius 3 is 2.90 bits per heavy atom. The lowest BCUT2D eigenvalue weighted by molar-refractivity contribution is 0.0586. The number of esters is 1. The van der Waals surface area contributed by atoms with Crippen molar-refractivity contribution < 1.29 is 9.53 Å². The predicted molar refractivity (Wildman–Crippen MR) is 82.3 cm³/mol. The highest BCUT2D eigenvalue weighted by atomic mass is 79.9. The lowest BCUT2D eigenvalue weighted by Crippen LogP contribution is -2.12. The van der Waals surface area contributed by atoms with Gasteiger partial charge in [-0.15, -0.1) is 11.3 Å². The van der Waals surface area contributed by atoms with Crippen molar-refractivity contribution in [2.24, 2.45) is 0 Å². The molecule has 1 N–H and O–H groups in total. The molecule has 0 aliphatic rings. The second-order valence-electron chi connectivity index (χ2n) is 4.09. The normalized spacial score (nSPS) is 10.3. The zero-order valence-corrected chi connectivity index (χ0v) is 13.5. The van der Waals surface area contributed by atoms with Gasteiger partial charge in [0.05, 0.1) is 10.9 Å². The molecule has 2 heterocycles. The van der Waals surface area contributed by atoms with Crippen LogP contribution >= 0.6 is 27.3 Å². The maximum Gasteiger partial charge on any atom is 0.376 e. The van der Waals surface area contributed by atoms with E-state index in [0.717, 1.165) is 22.4 Å². The number of nitrogens with zero attached hydrogens (tertiary/aromatic N) is 2. The van der Waals surface area contributed by atoms with Crippen molar-refractivity contribution >= 4 is 39.1 Å². The zero-order chi connectivity index (χ0) is 14.5. The third-order valence-electron chi connectivity index (χ3n) is 2.53. The molecule has 2 aromatic rings. The Hall–Kier alpha value is -1.47. The van der Waals surface area contributed by atoms with Gasteiger partial charge in [0.25, 0.3) is 0 Å². The first-order chi connectivity index (χ1) is 9.58. The number of ether oxygens (including phenoxy) is 1. The number of carbonyl (C=O) groups is 1. The maximum atomic E-state index is 11.4. The van der Waals surface area contributed by atoms with Gasteiger partial charge >= 0.3 is 5.97 Å². The molecular weight excluding hydrogens is 342 g/mol. The minimum Gasteiger partial charge on any atom is -0.463 e.